The topological polar surface area (TPSA) is 71.2 Å². The predicted molar refractivity (Wildman–Crippen MR) is 41.5 cm³/mol. The first kappa shape index (κ1) is 9.40. The molecule has 0 spiro atoms. The van der Waals surface area contributed by atoms with Gasteiger partial charge in [-0.2, -0.15) is 0 Å². The average Bonchev–Trinajstić information content (AvgIpc) is 2.10. The highest BCUT2D eigenvalue weighted by Crippen LogP contribution is 1.91. The van der Waals surface area contributed by atoms with E-state index >= 15 is 0 Å². The van der Waals surface area contributed by atoms with E-state index in [1.807, 2.05) is 5.48 Å². The molecule has 0 saturated carbocycles. The Balaban J connectivity index is 3.08. The Hall–Kier alpha value is -1.69. The lowest BCUT2D eigenvalue weighted by Gasteiger charge is -1.99. The van der Waals surface area contributed by atoms with Crippen LogP contribution in [0.2, 0.25) is 0 Å². The molecule has 1 heterocycles. The van der Waals surface area contributed by atoms with Crippen molar-refractivity contribution >= 4 is 5.91 Å². The third-order valence-electron chi connectivity index (χ3n) is 1.34. The van der Waals surface area contributed by atoms with Crippen molar-refractivity contribution in [3.05, 3.63) is 34.0 Å². The number of hydrogen-bond acceptors (Lipinski definition) is 3. The summed E-state index contributed by atoms with van der Waals surface area (Å²) in [6, 6.07) is 0. The Kier molecular flexibility index (Phi) is 2.76. The third-order valence-corrected chi connectivity index (χ3v) is 1.34. The summed E-state index contributed by atoms with van der Waals surface area (Å²) in [6.07, 6.45) is 1.96. The lowest BCUT2D eigenvalue weighted by Crippen LogP contribution is -2.28. The van der Waals surface area contributed by atoms with E-state index in [0.717, 1.165) is 12.4 Å². The normalized spacial score (nSPS) is 9.69. The molecule has 0 bridgehead atoms. The fourth-order valence-electron chi connectivity index (χ4n) is 0.774. The first-order valence-corrected chi connectivity index (χ1v) is 3.36. The fourth-order valence-corrected chi connectivity index (χ4v) is 0.774. The molecule has 1 amide bonds. The van der Waals surface area contributed by atoms with E-state index in [-0.39, 0.29) is 5.56 Å². The van der Waals surface area contributed by atoms with Crippen LogP contribution < -0.4 is 10.9 Å². The molecule has 1 aromatic rings. The van der Waals surface area contributed by atoms with Crippen molar-refractivity contribution in [2.24, 2.45) is 0 Å². The molecular weight excluding hydrogens is 179 g/mol. The molecule has 6 heteroatoms. The summed E-state index contributed by atoms with van der Waals surface area (Å²) in [7, 11) is 1.21. The Bertz CT molecular complexity index is 374. The SMILES string of the molecule is CONC(=O)c1c[nH]cc(F)c1=O. The molecule has 1 aromatic heterocycles. The zero-order valence-corrected chi connectivity index (χ0v) is 6.76. The summed E-state index contributed by atoms with van der Waals surface area (Å²) in [5, 5.41) is 0. The van der Waals surface area contributed by atoms with Gasteiger partial charge in [0.05, 0.1) is 7.11 Å². The number of hydroxylamine groups is 1. The minimum Gasteiger partial charge on any atom is -0.364 e. The molecule has 0 aliphatic heterocycles. The number of amides is 1. The van der Waals surface area contributed by atoms with Gasteiger partial charge in [0.1, 0.15) is 5.56 Å². The van der Waals surface area contributed by atoms with Gasteiger partial charge >= 0.3 is 0 Å². The number of aromatic amines is 1. The molecule has 0 saturated heterocycles. The van der Waals surface area contributed by atoms with E-state index in [4.69, 9.17) is 0 Å². The monoisotopic (exact) mass is 186 g/mol. The Labute approximate surface area is 72.5 Å². The zero-order valence-electron chi connectivity index (χ0n) is 6.76. The van der Waals surface area contributed by atoms with Crippen molar-refractivity contribution in [1.29, 1.82) is 0 Å². The number of rotatable bonds is 2. The highest BCUT2D eigenvalue weighted by molar-refractivity contribution is 5.92. The van der Waals surface area contributed by atoms with Gasteiger partial charge in [0.15, 0.2) is 5.82 Å². The van der Waals surface area contributed by atoms with E-state index in [0.29, 0.717) is 0 Å². The Morgan fingerprint density at radius 3 is 2.92 bits per heavy atom. The molecule has 0 fully saturated rings. The maximum Gasteiger partial charge on any atom is 0.280 e. The lowest BCUT2D eigenvalue weighted by atomic mass is 10.2. The Morgan fingerprint density at radius 2 is 2.31 bits per heavy atom. The highest BCUT2D eigenvalue weighted by atomic mass is 19.1. The van der Waals surface area contributed by atoms with Gasteiger partial charge in [-0.1, -0.05) is 0 Å². The van der Waals surface area contributed by atoms with Crippen molar-refractivity contribution in [3.8, 4) is 0 Å². The third kappa shape index (κ3) is 1.91. The second-order valence-electron chi connectivity index (χ2n) is 2.18. The van der Waals surface area contributed by atoms with E-state index < -0.39 is 17.2 Å². The smallest absolute Gasteiger partial charge is 0.280 e. The molecule has 0 atom stereocenters. The van der Waals surface area contributed by atoms with Gasteiger partial charge in [-0.3, -0.25) is 14.4 Å². The van der Waals surface area contributed by atoms with Crippen molar-refractivity contribution < 1.29 is 14.0 Å². The molecule has 0 aliphatic carbocycles. The van der Waals surface area contributed by atoms with Crippen molar-refractivity contribution in [2.45, 2.75) is 0 Å². The summed E-state index contributed by atoms with van der Waals surface area (Å²) in [6.45, 7) is 0. The summed E-state index contributed by atoms with van der Waals surface area (Å²) >= 11 is 0. The molecule has 1 rings (SSSR count). The first-order chi connectivity index (χ1) is 6.16. The molecular formula is C7H7FN2O3. The number of halogens is 1. The van der Waals surface area contributed by atoms with Gasteiger partial charge in [-0.25, -0.2) is 9.87 Å². The number of H-pyrrole nitrogens is 1. The average molecular weight is 186 g/mol. The molecule has 70 valence electrons. The largest absolute Gasteiger partial charge is 0.364 e. The van der Waals surface area contributed by atoms with E-state index in [2.05, 4.69) is 9.82 Å². The van der Waals surface area contributed by atoms with Gasteiger partial charge in [0.2, 0.25) is 5.43 Å². The number of carbonyl (C=O) groups is 1. The number of carbonyl (C=O) groups excluding carboxylic acids is 1. The Morgan fingerprint density at radius 1 is 1.62 bits per heavy atom. The van der Waals surface area contributed by atoms with Crippen LogP contribution in [0, 0.1) is 5.82 Å². The molecule has 0 radical (unpaired) electrons. The van der Waals surface area contributed by atoms with Crippen LogP contribution in [0.15, 0.2) is 17.2 Å². The second kappa shape index (κ2) is 3.81. The maximum atomic E-state index is 12.6. The van der Waals surface area contributed by atoms with E-state index in [9.17, 15) is 14.0 Å². The molecule has 0 aliphatic rings. The summed E-state index contributed by atoms with van der Waals surface area (Å²) < 4.78 is 12.6. The van der Waals surface area contributed by atoms with Crippen LogP contribution in [0.3, 0.4) is 0 Å². The van der Waals surface area contributed by atoms with Crippen LogP contribution in [0.4, 0.5) is 4.39 Å². The van der Waals surface area contributed by atoms with Crippen LogP contribution >= 0.6 is 0 Å². The van der Waals surface area contributed by atoms with E-state index in [1.54, 1.807) is 0 Å². The highest BCUT2D eigenvalue weighted by Gasteiger charge is 2.12. The fraction of sp³-hybridized carbons (Fsp3) is 0.143. The number of aromatic nitrogens is 1. The molecule has 5 nitrogen and oxygen atoms in total. The maximum absolute atomic E-state index is 12.6. The van der Waals surface area contributed by atoms with Gasteiger partial charge in [0, 0.05) is 12.4 Å². The van der Waals surface area contributed by atoms with Gasteiger partial charge in [-0.15, -0.1) is 0 Å². The molecule has 0 aromatic carbocycles. The number of nitrogens with one attached hydrogen (secondary N) is 2. The van der Waals surface area contributed by atoms with Crippen LogP contribution in [0.25, 0.3) is 0 Å². The van der Waals surface area contributed by atoms with Crippen molar-refractivity contribution in [3.63, 3.8) is 0 Å². The predicted octanol–water partition coefficient (Wildman–Crippen LogP) is -0.195. The molecule has 13 heavy (non-hydrogen) atoms. The van der Waals surface area contributed by atoms with Gasteiger partial charge < -0.3 is 4.98 Å². The first-order valence-electron chi connectivity index (χ1n) is 3.36. The van der Waals surface area contributed by atoms with Crippen molar-refractivity contribution in [2.75, 3.05) is 7.11 Å². The van der Waals surface area contributed by atoms with Crippen LogP contribution in [0.5, 0.6) is 0 Å². The summed E-state index contributed by atoms with van der Waals surface area (Å²) in [5.41, 5.74) is 0.608. The van der Waals surface area contributed by atoms with Crippen molar-refractivity contribution in [1.82, 2.24) is 10.5 Å². The van der Waals surface area contributed by atoms with Crippen LogP contribution in [-0.2, 0) is 4.84 Å². The second-order valence-corrected chi connectivity index (χ2v) is 2.18. The minimum atomic E-state index is -1.01. The number of pyridine rings is 1. The molecule has 0 unspecified atom stereocenters. The minimum absolute atomic E-state index is 0.332. The summed E-state index contributed by atoms with van der Waals surface area (Å²) in [4.78, 5) is 28.6. The van der Waals surface area contributed by atoms with Crippen LogP contribution in [-0.4, -0.2) is 18.0 Å². The summed E-state index contributed by atoms with van der Waals surface area (Å²) in [5.74, 6) is -1.80. The van der Waals surface area contributed by atoms with Crippen LogP contribution in [0.1, 0.15) is 10.4 Å². The van der Waals surface area contributed by atoms with Gasteiger partial charge in [-0.05, 0) is 0 Å². The standard InChI is InChI=1S/C7H7FN2O3/c1-13-10-7(12)4-2-9-3-5(8)6(4)11/h2-3H,1H3,(H,9,11)(H,10,12). The molecule has 2 N–H and O–H groups in total. The quantitative estimate of drug-likeness (QED) is 0.628. The lowest BCUT2D eigenvalue weighted by molar-refractivity contribution is 0.0535. The number of hydrogen-bond donors (Lipinski definition) is 2. The van der Waals surface area contributed by atoms with Gasteiger partial charge in [0.25, 0.3) is 5.91 Å². The van der Waals surface area contributed by atoms with E-state index in [1.165, 1.54) is 7.11 Å². The zero-order chi connectivity index (χ0) is 9.84.